The standard InChI is InChI=1S/C15H10BrClN2O/c16-11-6-5-10(17)8-13(11)19-15(20)14-7-9-3-1-2-4-12(9)18-14/h1-8,18H,(H,19,20). The third kappa shape index (κ3) is 2.57. The van der Waals surface area contributed by atoms with Crippen LogP contribution in [0.3, 0.4) is 0 Å². The maximum atomic E-state index is 12.2. The first kappa shape index (κ1) is 13.2. The molecular weight excluding hydrogens is 340 g/mol. The lowest BCUT2D eigenvalue weighted by molar-refractivity contribution is 0.102. The van der Waals surface area contributed by atoms with Crippen LogP contribution in [0.5, 0.6) is 0 Å². The van der Waals surface area contributed by atoms with Gasteiger partial charge >= 0.3 is 0 Å². The molecule has 0 bridgehead atoms. The maximum absolute atomic E-state index is 12.2. The van der Waals surface area contributed by atoms with E-state index in [2.05, 4.69) is 26.2 Å². The summed E-state index contributed by atoms with van der Waals surface area (Å²) in [5.41, 5.74) is 2.09. The number of rotatable bonds is 2. The summed E-state index contributed by atoms with van der Waals surface area (Å²) in [6.07, 6.45) is 0. The highest BCUT2D eigenvalue weighted by atomic mass is 79.9. The van der Waals surface area contributed by atoms with Crippen molar-refractivity contribution < 1.29 is 4.79 Å². The highest BCUT2D eigenvalue weighted by molar-refractivity contribution is 9.10. The zero-order chi connectivity index (χ0) is 14.1. The summed E-state index contributed by atoms with van der Waals surface area (Å²) >= 11 is 9.31. The number of hydrogen-bond donors (Lipinski definition) is 2. The molecule has 0 radical (unpaired) electrons. The summed E-state index contributed by atoms with van der Waals surface area (Å²) in [4.78, 5) is 15.3. The highest BCUT2D eigenvalue weighted by Gasteiger charge is 2.11. The molecule has 5 heteroatoms. The first-order valence-corrected chi connectivity index (χ1v) is 7.15. The minimum atomic E-state index is -0.204. The van der Waals surface area contributed by atoms with Gasteiger partial charge in [0, 0.05) is 20.4 Å². The van der Waals surface area contributed by atoms with Crippen molar-refractivity contribution in [1.29, 1.82) is 0 Å². The monoisotopic (exact) mass is 348 g/mol. The van der Waals surface area contributed by atoms with E-state index < -0.39 is 0 Å². The van der Waals surface area contributed by atoms with E-state index in [-0.39, 0.29) is 5.91 Å². The third-order valence-corrected chi connectivity index (χ3v) is 3.88. The molecule has 0 atom stereocenters. The number of H-pyrrole nitrogens is 1. The van der Waals surface area contributed by atoms with Gasteiger partial charge in [0.25, 0.3) is 5.91 Å². The van der Waals surface area contributed by atoms with E-state index in [0.29, 0.717) is 16.4 Å². The smallest absolute Gasteiger partial charge is 0.272 e. The summed E-state index contributed by atoms with van der Waals surface area (Å²) in [6, 6.07) is 14.8. The van der Waals surface area contributed by atoms with Crippen LogP contribution in [0.1, 0.15) is 10.5 Å². The molecule has 20 heavy (non-hydrogen) atoms. The molecule has 0 aliphatic heterocycles. The number of anilines is 1. The van der Waals surface area contributed by atoms with Gasteiger partial charge in [-0.1, -0.05) is 29.8 Å². The zero-order valence-corrected chi connectivity index (χ0v) is 12.6. The van der Waals surface area contributed by atoms with E-state index in [4.69, 9.17) is 11.6 Å². The first-order valence-electron chi connectivity index (χ1n) is 5.97. The van der Waals surface area contributed by atoms with Gasteiger partial charge in [-0.2, -0.15) is 0 Å². The van der Waals surface area contributed by atoms with Crippen LogP contribution in [-0.2, 0) is 0 Å². The number of hydrogen-bond acceptors (Lipinski definition) is 1. The Bertz CT molecular complexity index is 764. The Morgan fingerprint density at radius 2 is 1.95 bits per heavy atom. The van der Waals surface area contributed by atoms with Crippen molar-refractivity contribution in [3.8, 4) is 0 Å². The van der Waals surface area contributed by atoms with Gasteiger partial charge in [0.2, 0.25) is 0 Å². The molecule has 0 saturated carbocycles. The molecule has 1 heterocycles. The fraction of sp³-hybridized carbons (Fsp3) is 0. The molecule has 3 aromatic rings. The molecule has 0 spiro atoms. The minimum Gasteiger partial charge on any atom is -0.351 e. The number of para-hydroxylation sites is 1. The van der Waals surface area contributed by atoms with E-state index in [1.165, 1.54) is 0 Å². The summed E-state index contributed by atoms with van der Waals surface area (Å²) in [7, 11) is 0. The number of amides is 1. The molecule has 3 rings (SSSR count). The van der Waals surface area contributed by atoms with Gasteiger partial charge in [-0.25, -0.2) is 0 Å². The van der Waals surface area contributed by atoms with Crippen LogP contribution in [0, 0.1) is 0 Å². The predicted octanol–water partition coefficient (Wildman–Crippen LogP) is 4.84. The van der Waals surface area contributed by atoms with Crippen molar-refractivity contribution in [1.82, 2.24) is 4.98 Å². The highest BCUT2D eigenvalue weighted by Crippen LogP contribution is 2.26. The zero-order valence-electron chi connectivity index (χ0n) is 10.3. The lowest BCUT2D eigenvalue weighted by Crippen LogP contribution is -2.12. The van der Waals surface area contributed by atoms with Gasteiger partial charge in [-0.05, 0) is 46.3 Å². The molecule has 0 saturated heterocycles. The number of nitrogens with one attached hydrogen (secondary N) is 2. The van der Waals surface area contributed by atoms with Crippen molar-refractivity contribution in [2.45, 2.75) is 0 Å². The fourth-order valence-electron chi connectivity index (χ4n) is 1.98. The number of benzene rings is 2. The van der Waals surface area contributed by atoms with E-state index in [9.17, 15) is 4.79 Å². The Kier molecular flexibility index (Phi) is 3.51. The molecule has 0 aliphatic rings. The van der Waals surface area contributed by atoms with E-state index >= 15 is 0 Å². The van der Waals surface area contributed by atoms with Crippen LogP contribution in [-0.4, -0.2) is 10.9 Å². The summed E-state index contributed by atoms with van der Waals surface area (Å²) in [5.74, 6) is -0.204. The van der Waals surface area contributed by atoms with E-state index in [0.717, 1.165) is 15.4 Å². The lowest BCUT2D eigenvalue weighted by Gasteiger charge is -2.06. The second-order valence-corrected chi connectivity index (χ2v) is 5.64. The van der Waals surface area contributed by atoms with Gasteiger partial charge in [0.1, 0.15) is 5.69 Å². The average Bonchev–Trinajstić information content (AvgIpc) is 2.87. The average molecular weight is 350 g/mol. The Labute approximate surface area is 129 Å². The molecule has 2 aromatic carbocycles. The topological polar surface area (TPSA) is 44.9 Å². The second-order valence-electron chi connectivity index (χ2n) is 4.35. The summed E-state index contributed by atoms with van der Waals surface area (Å²) < 4.78 is 0.784. The molecule has 1 aromatic heterocycles. The van der Waals surface area contributed by atoms with Crippen LogP contribution in [0.2, 0.25) is 5.02 Å². The molecular formula is C15H10BrClN2O. The summed E-state index contributed by atoms with van der Waals surface area (Å²) in [5, 5.41) is 4.40. The fourth-order valence-corrected chi connectivity index (χ4v) is 2.50. The SMILES string of the molecule is O=C(Nc1cc(Cl)ccc1Br)c1cc2ccccc2[nH]1. The van der Waals surface area contributed by atoms with Gasteiger partial charge in [0.15, 0.2) is 0 Å². The minimum absolute atomic E-state index is 0.204. The first-order chi connectivity index (χ1) is 9.63. The molecule has 1 amide bonds. The molecule has 100 valence electrons. The normalized spacial score (nSPS) is 10.7. The quantitative estimate of drug-likeness (QED) is 0.683. The predicted molar refractivity (Wildman–Crippen MR) is 85.4 cm³/mol. The van der Waals surface area contributed by atoms with Gasteiger partial charge in [-0.3, -0.25) is 4.79 Å². The largest absolute Gasteiger partial charge is 0.351 e. The Balaban J connectivity index is 1.90. The van der Waals surface area contributed by atoms with Crippen molar-refractivity contribution in [2.24, 2.45) is 0 Å². The Hall–Kier alpha value is -1.78. The van der Waals surface area contributed by atoms with Crippen LogP contribution in [0.25, 0.3) is 10.9 Å². The van der Waals surface area contributed by atoms with Crippen molar-refractivity contribution in [2.75, 3.05) is 5.32 Å². The van der Waals surface area contributed by atoms with Crippen molar-refractivity contribution in [3.05, 3.63) is 63.7 Å². The van der Waals surface area contributed by atoms with Gasteiger partial charge < -0.3 is 10.3 Å². The molecule has 0 unspecified atom stereocenters. The molecule has 2 N–H and O–H groups in total. The van der Waals surface area contributed by atoms with E-state index in [1.54, 1.807) is 18.2 Å². The van der Waals surface area contributed by atoms with Crippen molar-refractivity contribution in [3.63, 3.8) is 0 Å². The van der Waals surface area contributed by atoms with Crippen molar-refractivity contribution >= 4 is 50.0 Å². The van der Waals surface area contributed by atoms with Crippen LogP contribution >= 0.6 is 27.5 Å². The Morgan fingerprint density at radius 3 is 2.75 bits per heavy atom. The third-order valence-electron chi connectivity index (χ3n) is 2.95. The number of aromatic amines is 1. The Morgan fingerprint density at radius 1 is 1.15 bits per heavy atom. The number of aromatic nitrogens is 1. The number of fused-ring (bicyclic) bond motifs is 1. The van der Waals surface area contributed by atoms with E-state index in [1.807, 2.05) is 30.3 Å². The number of carbonyl (C=O) groups excluding carboxylic acids is 1. The summed E-state index contributed by atoms with van der Waals surface area (Å²) in [6.45, 7) is 0. The number of carbonyl (C=O) groups is 1. The maximum Gasteiger partial charge on any atom is 0.272 e. The molecule has 0 aliphatic carbocycles. The number of halogens is 2. The lowest BCUT2D eigenvalue weighted by atomic mass is 10.2. The van der Waals surface area contributed by atoms with Crippen LogP contribution in [0.15, 0.2) is 53.0 Å². The van der Waals surface area contributed by atoms with Gasteiger partial charge in [-0.15, -0.1) is 0 Å². The van der Waals surface area contributed by atoms with Gasteiger partial charge in [0.05, 0.1) is 5.69 Å². The van der Waals surface area contributed by atoms with Crippen LogP contribution < -0.4 is 5.32 Å². The second kappa shape index (κ2) is 5.31. The molecule has 0 fully saturated rings. The molecule has 3 nitrogen and oxygen atoms in total. The van der Waals surface area contributed by atoms with Crippen LogP contribution in [0.4, 0.5) is 5.69 Å².